The predicted octanol–water partition coefficient (Wildman–Crippen LogP) is 3.03. The summed E-state index contributed by atoms with van der Waals surface area (Å²) in [5.41, 5.74) is 1.59. The van der Waals surface area contributed by atoms with Gasteiger partial charge in [-0.15, -0.1) is 0 Å². The summed E-state index contributed by atoms with van der Waals surface area (Å²) in [4.78, 5) is 28.8. The number of esters is 1. The van der Waals surface area contributed by atoms with Crippen LogP contribution in [0.3, 0.4) is 0 Å². The average molecular weight is 412 g/mol. The van der Waals surface area contributed by atoms with Gasteiger partial charge in [-0.25, -0.2) is 0 Å². The zero-order valence-corrected chi connectivity index (χ0v) is 17.1. The number of fused-ring (bicyclic) bond motifs is 1. The smallest absolute Gasteiger partial charge is 0.325 e. The summed E-state index contributed by atoms with van der Waals surface area (Å²) in [6.07, 6.45) is 3.01. The Morgan fingerprint density at radius 2 is 1.83 bits per heavy atom. The molecule has 7 nitrogen and oxygen atoms in total. The van der Waals surface area contributed by atoms with E-state index in [0.717, 1.165) is 15.8 Å². The molecule has 3 aromatic rings. The monoisotopic (exact) mass is 412 g/mol. The van der Waals surface area contributed by atoms with Gasteiger partial charge in [0.05, 0.1) is 31.5 Å². The van der Waals surface area contributed by atoms with Crippen molar-refractivity contribution in [2.75, 3.05) is 21.3 Å². The van der Waals surface area contributed by atoms with E-state index in [-0.39, 0.29) is 6.54 Å². The zero-order valence-electron chi connectivity index (χ0n) is 16.2. The van der Waals surface area contributed by atoms with Crippen LogP contribution in [0.1, 0.15) is 5.56 Å². The van der Waals surface area contributed by atoms with E-state index < -0.39 is 11.9 Å². The van der Waals surface area contributed by atoms with E-state index in [2.05, 4.69) is 4.99 Å². The third-order valence-electron chi connectivity index (χ3n) is 4.13. The third-order valence-corrected chi connectivity index (χ3v) is 5.19. The van der Waals surface area contributed by atoms with Gasteiger partial charge in [0.25, 0.3) is 5.91 Å². The number of amides is 1. The molecule has 1 heterocycles. The zero-order chi connectivity index (χ0) is 20.8. The van der Waals surface area contributed by atoms with Crippen LogP contribution in [0.4, 0.5) is 0 Å². The molecular formula is C21H20N2O5S. The Balaban J connectivity index is 1.92. The number of carbonyl (C=O) groups is 2. The molecule has 1 amide bonds. The number of carbonyl (C=O) groups excluding carboxylic acids is 2. The minimum Gasteiger partial charge on any atom is -0.493 e. The van der Waals surface area contributed by atoms with Gasteiger partial charge in [0.2, 0.25) is 0 Å². The highest BCUT2D eigenvalue weighted by molar-refractivity contribution is 7.16. The van der Waals surface area contributed by atoms with Crippen molar-refractivity contribution in [3.05, 3.63) is 58.9 Å². The quantitative estimate of drug-likeness (QED) is 0.459. The lowest BCUT2D eigenvalue weighted by Crippen LogP contribution is -2.22. The first-order chi connectivity index (χ1) is 14.0. The molecule has 0 spiro atoms. The second kappa shape index (κ2) is 9.20. The Labute approximate surface area is 171 Å². The number of thiazole rings is 1. The summed E-state index contributed by atoms with van der Waals surface area (Å²) in [7, 11) is 4.43. The van der Waals surface area contributed by atoms with Gasteiger partial charge < -0.3 is 18.8 Å². The van der Waals surface area contributed by atoms with Crippen molar-refractivity contribution >= 4 is 39.5 Å². The molecule has 0 saturated heterocycles. The molecule has 0 bridgehead atoms. The van der Waals surface area contributed by atoms with Gasteiger partial charge in [0, 0.05) is 6.08 Å². The normalized spacial score (nSPS) is 11.8. The van der Waals surface area contributed by atoms with Crippen LogP contribution >= 0.6 is 11.3 Å². The Bertz CT molecular complexity index is 1140. The average Bonchev–Trinajstić information content (AvgIpc) is 3.08. The Morgan fingerprint density at radius 3 is 2.55 bits per heavy atom. The molecule has 0 N–H and O–H groups in total. The molecule has 0 aliphatic rings. The van der Waals surface area contributed by atoms with Gasteiger partial charge in [-0.2, -0.15) is 4.99 Å². The molecule has 0 fully saturated rings. The third kappa shape index (κ3) is 4.72. The fourth-order valence-electron chi connectivity index (χ4n) is 2.71. The molecule has 29 heavy (non-hydrogen) atoms. The van der Waals surface area contributed by atoms with E-state index in [9.17, 15) is 9.59 Å². The predicted molar refractivity (Wildman–Crippen MR) is 111 cm³/mol. The number of aromatic nitrogens is 1. The fraction of sp³-hybridized carbons (Fsp3) is 0.190. The summed E-state index contributed by atoms with van der Waals surface area (Å²) in [5.74, 6) is 0.322. The summed E-state index contributed by atoms with van der Waals surface area (Å²) < 4.78 is 17.8. The van der Waals surface area contributed by atoms with Crippen molar-refractivity contribution in [3.63, 3.8) is 0 Å². The highest BCUT2D eigenvalue weighted by atomic mass is 32.1. The maximum atomic E-state index is 12.4. The van der Waals surface area contributed by atoms with E-state index in [1.807, 2.05) is 30.3 Å². The summed E-state index contributed by atoms with van der Waals surface area (Å²) in [6.45, 7) is -0.0218. The largest absolute Gasteiger partial charge is 0.493 e. The second-order valence-corrected chi connectivity index (χ2v) is 6.92. The molecule has 0 unspecified atom stereocenters. The van der Waals surface area contributed by atoms with E-state index in [0.29, 0.717) is 16.3 Å². The molecule has 2 aromatic carbocycles. The minimum absolute atomic E-state index is 0.0218. The highest BCUT2D eigenvalue weighted by Gasteiger charge is 2.11. The first-order valence-electron chi connectivity index (χ1n) is 8.69. The topological polar surface area (TPSA) is 79.1 Å². The van der Waals surface area contributed by atoms with Crippen molar-refractivity contribution < 1.29 is 23.8 Å². The number of nitrogens with zero attached hydrogens (tertiary/aromatic N) is 2. The summed E-state index contributed by atoms with van der Waals surface area (Å²) >= 11 is 1.33. The number of methoxy groups -OCH3 is 3. The maximum absolute atomic E-state index is 12.4. The minimum atomic E-state index is -0.440. The van der Waals surface area contributed by atoms with Crippen LogP contribution in [0, 0.1) is 0 Å². The van der Waals surface area contributed by atoms with E-state index in [1.165, 1.54) is 24.5 Å². The van der Waals surface area contributed by atoms with E-state index in [4.69, 9.17) is 14.2 Å². The van der Waals surface area contributed by atoms with Crippen LogP contribution in [0.15, 0.2) is 53.5 Å². The number of benzene rings is 2. The molecule has 0 saturated carbocycles. The van der Waals surface area contributed by atoms with Gasteiger partial charge in [0.1, 0.15) is 6.54 Å². The lowest BCUT2D eigenvalue weighted by atomic mass is 10.2. The summed E-state index contributed by atoms with van der Waals surface area (Å²) in [6, 6.07) is 12.9. The van der Waals surface area contributed by atoms with Crippen molar-refractivity contribution in [3.8, 4) is 11.5 Å². The van der Waals surface area contributed by atoms with E-state index >= 15 is 0 Å². The van der Waals surface area contributed by atoms with Gasteiger partial charge in [-0.3, -0.25) is 9.59 Å². The Kier molecular flexibility index (Phi) is 6.46. The Morgan fingerprint density at radius 1 is 1.07 bits per heavy atom. The van der Waals surface area contributed by atoms with Crippen molar-refractivity contribution in [2.45, 2.75) is 6.54 Å². The van der Waals surface area contributed by atoms with Crippen molar-refractivity contribution in [2.24, 2.45) is 4.99 Å². The van der Waals surface area contributed by atoms with Crippen LogP contribution in [0.25, 0.3) is 16.3 Å². The molecule has 1 aromatic heterocycles. The molecule has 8 heteroatoms. The standard InChI is InChI=1S/C21H20N2O5S/c1-26-16-10-8-14(12-17(16)27-2)9-11-19(24)22-21-23(13-20(25)28-3)15-6-4-5-7-18(15)29-21/h4-12H,13H2,1-3H3. The number of hydrogen-bond donors (Lipinski definition) is 0. The van der Waals surface area contributed by atoms with Gasteiger partial charge in [-0.05, 0) is 35.9 Å². The lowest BCUT2D eigenvalue weighted by Gasteiger charge is -2.07. The summed E-state index contributed by atoms with van der Waals surface area (Å²) in [5, 5.41) is 0. The second-order valence-electron chi connectivity index (χ2n) is 5.91. The number of ether oxygens (including phenoxy) is 3. The molecule has 0 atom stereocenters. The number of hydrogen-bond acceptors (Lipinski definition) is 6. The molecule has 0 aliphatic carbocycles. The van der Waals surface area contributed by atoms with Crippen molar-refractivity contribution in [1.82, 2.24) is 4.57 Å². The van der Waals surface area contributed by atoms with Crippen LogP contribution in [-0.2, 0) is 20.9 Å². The van der Waals surface area contributed by atoms with Gasteiger partial charge in [0.15, 0.2) is 16.3 Å². The molecular weight excluding hydrogens is 392 g/mol. The molecule has 3 rings (SSSR count). The lowest BCUT2D eigenvalue weighted by molar-refractivity contribution is -0.141. The van der Waals surface area contributed by atoms with Crippen molar-refractivity contribution in [1.29, 1.82) is 0 Å². The highest BCUT2D eigenvalue weighted by Crippen LogP contribution is 2.28. The molecule has 150 valence electrons. The van der Waals surface area contributed by atoms with Crippen LogP contribution in [0.2, 0.25) is 0 Å². The van der Waals surface area contributed by atoms with Crippen LogP contribution < -0.4 is 14.3 Å². The van der Waals surface area contributed by atoms with Crippen LogP contribution in [-0.4, -0.2) is 37.8 Å². The Hall–Kier alpha value is -3.39. The SMILES string of the molecule is COC(=O)Cn1c(=NC(=O)C=Cc2ccc(OC)c(OC)c2)sc2ccccc21. The molecule has 0 aliphatic heterocycles. The van der Waals surface area contributed by atoms with Crippen LogP contribution in [0.5, 0.6) is 11.5 Å². The first kappa shape index (κ1) is 20.3. The fourth-order valence-corrected chi connectivity index (χ4v) is 3.74. The van der Waals surface area contributed by atoms with Gasteiger partial charge in [-0.1, -0.05) is 29.5 Å². The van der Waals surface area contributed by atoms with Gasteiger partial charge >= 0.3 is 5.97 Å². The van der Waals surface area contributed by atoms with E-state index in [1.54, 1.807) is 37.0 Å². The maximum Gasteiger partial charge on any atom is 0.325 e. The number of rotatable bonds is 6. The molecule has 0 radical (unpaired) electrons. The number of para-hydroxylation sites is 1. The first-order valence-corrected chi connectivity index (χ1v) is 9.51.